The first kappa shape index (κ1) is 15.0. The van der Waals surface area contributed by atoms with Crippen LogP contribution in [0.25, 0.3) is 0 Å². The van der Waals surface area contributed by atoms with Crippen molar-refractivity contribution in [3.63, 3.8) is 0 Å². The van der Waals surface area contributed by atoms with E-state index in [1.54, 1.807) is 11.3 Å². The van der Waals surface area contributed by atoms with Crippen molar-refractivity contribution in [3.8, 4) is 0 Å². The highest BCUT2D eigenvalue weighted by molar-refractivity contribution is 9.10. The van der Waals surface area contributed by atoms with E-state index in [9.17, 15) is 0 Å². The van der Waals surface area contributed by atoms with Crippen molar-refractivity contribution in [3.05, 3.63) is 55.1 Å². The second-order valence-corrected chi connectivity index (χ2v) is 6.68. The number of thiophene rings is 1. The zero-order valence-corrected chi connectivity index (χ0v) is 14.2. The van der Waals surface area contributed by atoms with Gasteiger partial charge in [0.1, 0.15) is 0 Å². The molecule has 1 unspecified atom stereocenters. The van der Waals surface area contributed by atoms with Gasteiger partial charge in [0.15, 0.2) is 0 Å². The SMILES string of the molecule is CCCNC(c1cccc(Cl)c1C)c1sccc1Br. The minimum Gasteiger partial charge on any atom is -0.306 e. The van der Waals surface area contributed by atoms with Crippen LogP contribution >= 0.6 is 38.9 Å². The lowest BCUT2D eigenvalue weighted by Gasteiger charge is -2.21. The Hall–Kier alpha value is -0.350. The van der Waals surface area contributed by atoms with Crippen LogP contribution in [0.5, 0.6) is 0 Å². The highest BCUT2D eigenvalue weighted by Crippen LogP contribution is 2.35. The van der Waals surface area contributed by atoms with Crippen LogP contribution in [0.15, 0.2) is 34.1 Å². The molecule has 1 aromatic carbocycles. The summed E-state index contributed by atoms with van der Waals surface area (Å²) >= 11 is 11.7. The average Bonchev–Trinajstić information content (AvgIpc) is 2.81. The fourth-order valence-corrected chi connectivity index (χ4v) is 3.96. The summed E-state index contributed by atoms with van der Waals surface area (Å²) in [6.45, 7) is 5.25. The number of halogens is 2. The largest absolute Gasteiger partial charge is 0.306 e. The maximum Gasteiger partial charge on any atom is 0.0685 e. The number of nitrogens with one attached hydrogen (secondary N) is 1. The van der Waals surface area contributed by atoms with Gasteiger partial charge < -0.3 is 5.32 Å². The van der Waals surface area contributed by atoms with Crippen LogP contribution in [0.4, 0.5) is 0 Å². The first-order chi connectivity index (χ1) is 9.15. The zero-order chi connectivity index (χ0) is 13.8. The first-order valence-electron chi connectivity index (χ1n) is 6.36. The molecule has 0 aliphatic heterocycles. The van der Waals surface area contributed by atoms with Gasteiger partial charge in [0.25, 0.3) is 0 Å². The zero-order valence-electron chi connectivity index (χ0n) is 11.0. The van der Waals surface area contributed by atoms with Crippen molar-refractivity contribution in [2.24, 2.45) is 0 Å². The molecule has 1 atom stereocenters. The second-order valence-electron chi connectivity index (χ2n) is 4.47. The Morgan fingerprint density at radius 2 is 2.16 bits per heavy atom. The molecular formula is C15H17BrClNS. The van der Waals surface area contributed by atoms with Crippen molar-refractivity contribution in [2.45, 2.75) is 26.3 Å². The molecule has 4 heteroatoms. The number of hydrogen-bond acceptors (Lipinski definition) is 2. The van der Waals surface area contributed by atoms with Crippen LogP contribution in [0.2, 0.25) is 5.02 Å². The average molecular weight is 359 g/mol. The van der Waals surface area contributed by atoms with E-state index in [0.717, 1.165) is 28.0 Å². The van der Waals surface area contributed by atoms with Crippen molar-refractivity contribution >= 4 is 38.9 Å². The van der Waals surface area contributed by atoms with Crippen molar-refractivity contribution in [2.75, 3.05) is 6.54 Å². The molecule has 0 radical (unpaired) electrons. The van der Waals surface area contributed by atoms with E-state index >= 15 is 0 Å². The lowest BCUT2D eigenvalue weighted by molar-refractivity contribution is 0.602. The van der Waals surface area contributed by atoms with Gasteiger partial charge in [-0.1, -0.05) is 30.7 Å². The summed E-state index contributed by atoms with van der Waals surface area (Å²) in [4.78, 5) is 1.30. The molecule has 0 spiro atoms. The van der Waals surface area contributed by atoms with Gasteiger partial charge in [0.2, 0.25) is 0 Å². The molecular weight excluding hydrogens is 342 g/mol. The molecule has 1 aromatic heterocycles. The van der Waals surface area contributed by atoms with E-state index in [4.69, 9.17) is 11.6 Å². The standard InChI is InChI=1S/C15H17BrClNS/c1-3-8-18-14(15-12(16)7-9-19-15)11-5-4-6-13(17)10(11)2/h4-7,9,14,18H,3,8H2,1-2H3. The van der Waals surface area contributed by atoms with E-state index in [-0.39, 0.29) is 6.04 Å². The lowest BCUT2D eigenvalue weighted by Crippen LogP contribution is -2.23. The Labute approximate surface area is 132 Å². The van der Waals surface area contributed by atoms with Gasteiger partial charge in [-0.05, 0) is 64.5 Å². The molecule has 2 aromatic rings. The van der Waals surface area contributed by atoms with E-state index in [1.165, 1.54) is 10.4 Å². The summed E-state index contributed by atoms with van der Waals surface area (Å²) in [5, 5.41) is 6.56. The highest BCUT2D eigenvalue weighted by Gasteiger charge is 2.19. The minimum atomic E-state index is 0.202. The van der Waals surface area contributed by atoms with Crippen molar-refractivity contribution < 1.29 is 0 Å². The molecule has 19 heavy (non-hydrogen) atoms. The predicted octanol–water partition coefficient (Wildman–Crippen LogP) is 5.56. The maximum atomic E-state index is 6.26. The van der Waals surface area contributed by atoms with Gasteiger partial charge in [0.05, 0.1) is 6.04 Å². The first-order valence-corrected chi connectivity index (χ1v) is 8.41. The molecule has 102 valence electrons. The van der Waals surface area contributed by atoms with Crippen LogP contribution < -0.4 is 5.32 Å². The molecule has 0 fully saturated rings. The molecule has 0 saturated heterocycles. The van der Waals surface area contributed by atoms with E-state index in [0.29, 0.717) is 0 Å². The Balaban J connectivity index is 2.43. The van der Waals surface area contributed by atoms with Gasteiger partial charge in [-0.25, -0.2) is 0 Å². The molecule has 1 nitrogen and oxygen atoms in total. The summed E-state index contributed by atoms with van der Waals surface area (Å²) in [7, 11) is 0. The predicted molar refractivity (Wildman–Crippen MR) is 88.3 cm³/mol. The van der Waals surface area contributed by atoms with Crippen LogP contribution in [0.3, 0.4) is 0 Å². The second kappa shape index (κ2) is 6.89. The number of benzene rings is 1. The fourth-order valence-electron chi connectivity index (χ4n) is 2.08. The van der Waals surface area contributed by atoms with Crippen molar-refractivity contribution in [1.82, 2.24) is 5.32 Å². The minimum absolute atomic E-state index is 0.202. The number of hydrogen-bond donors (Lipinski definition) is 1. The molecule has 1 N–H and O–H groups in total. The van der Waals surface area contributed by atoms with Crippen LogP contribution in [0.1, 0.15) is 35.4 Å². The summed E-state index contributed by atoms with van der Waals surface area (Å²) < 4.78 is 1.16. The molecule has 0 amide bonds. The van der Waals surface area contributed by atoms with Gasteiger partial charge >= 0.3 is 0 Å². The topological polar surface area (TPSA) is 12.0 Å². The molecule has 1 heterocycles. The third kappa shape index (κ3) is 3.40. The van der Waals surface area contributed by atoms with Crippen LogP contribution in [0, 0.1) is 6.92 Å². The molecule has 0 aliphatic carbocycles. The quantitative estimate of drug-likeness (QED) is 0.737. The normalized spacial score (nSPS) is 12.6. The van der Waals surface area contributed by atoms with Crippen LogP contribution in [-0.4, -0.2) is 6.54 Å². The Morgan fingerprint density at radius 3 is 2.79 bits per heavy atom. The smallest absolute Gasteiger partial charge is 0.0685 e. The van der Waals surface area contributed by atoms with Crippen molar-refractivity contribution in [1.29, 1.82) is 0 Å². The Kier molecular flexibility index (Phi) is 5.46. The monoisotopic (exact) mass is 357 g/mol. The van der Waals surface area contributed by atoms with E-state index < -0.39 is 0 Å². The Bertz CT molecular complexity index is 553. The lowest BCUT2D eigenvalue weighted by atomic mass is 10.00. The van der Waals surface area contributed by atoms with Gasteiger partial charge in [-0.15, -0.1) is 11.3 Å². The summed E-state index contributed by atoms with van der Waals surface area (Å²) in [6.07, 6.45) is 1.11. The highest BCUT2D eigenvalue weighted by atomic mass is 79.9. The maximum absolute atomic E-state index is 6.26. The summed E-state index contributed by atoms with van der Waals surface area (Å²) in [5.41, 5.74) is 2.40. The third-order valence-corrected chi connectivity index (χ3v) is 5.47. The molecule has 0 aliphatic rings. The van der Waals surface area contributed by atoms with Gasteiger partial charge in [-0.3, -0.25) is 0 Å². The summed E-state index contributed by atoms with van der Waals surface area (Å²) in [6, 6.07) is 8.42. The number of rotatable bonds is 5. The Morgan fingerprint density at radius 1 is 1.37 bits per heavy atom. The molecule has 0 saturated carbocycles. The fraction of sp³-hybridized carbons (Fsp3) is 0.333. The van der Waals surface area contributed by atoms with Crippen LogP contribution in [-0.2, 0) is 0 Å². The van der Waals surface area contributed by atoms with E-state index in [2.05, 4.69) is 52.6 Å². The third-order valence-electron chi connectivity index (χ3n) is 3.13. The van der Waals surface area contributed by atoms with E-state index in [1.807, 2.05) is 12.1 Å². The summed E-state index contributed by atoms with van der Waals surface area (Å²) in [5.74, 6) is 0. The molecule has 2 rings (SSSR count). The van der Waals surface area contributed by atoms with Gasteiger partial charge in [-0.2, -0.15) is 0 Å². The van der Waals surface area contributed by atoms with Gasteiger partial charge in [0, 0.05) is 14.4 Å². The molecule has 0 bridgehead atoms.